The van der Waals surface area contributed by atoms with Crippen molar-refractivity contribution in [2.45, 2.75) is 38.6 Å². The molecule has 1 atom stereocenters. The van der Waals surface area contributed by atoms with Crippen LogP contribution in [0.2, 0.25) is 0 Å². The molecule has 0 aliphatic heterocycles. The molecule has 0 aliphatic carbocycles. The average Bonchev–Trinajstić information content (AvgIpc) is 2.84. The molecule has 3 aromatic carbocycles. The molecule has 0 spiro atoms. The Balaban J connectivity index is 1.81. The molecule has 178 valence electrons. The fraction of sp³-hybridized carbons (Fsp3) is 0.286. The molecule has 0 saturated heterocycles. The van der Waals surface area contributed by atoms with Crippen LogP contribution in [0.25, 0.3) is 0 Å². The van der Waals surface area contributed by atoms with E-state index in [0.29, 0.717) is 25.3 Å². The molecule has 0 heterocycles. The Kier molecular flexibility index (Phi) is 10.2. The van der Waals surface area contributed by atoms with Crippen LogP contribution in [0, 0.1) is 6.92 Å². The number of rotatable bonds is 11. The van der Waals surface area contributed by atoms with Crippen LogP contribution in [0.3, 0.4) is 0 Å². The second-order valence-electron chi connectivity index (χ2n) is 8.23. The summed E-state index contributed by atoms with van der Waals surface area (Å²) in [5.74, 6) is 0.897. The van der Waals surface area contributed by atoms with Gasteiger partial charge in [-0.25, -0.2) is 0 Å². The van der Waals surface area contributed by atoms with E-state index in [4.69, 9.17) is 0 Å². The number of thioether (sulfide) groups is 1. The molecule has 34 heavy (non-hydrogen) atoms. The van der Waals surface area contributed by atoms with E-state index in [-0.39, 0.29) is 11.8 Å². The van der Waals surface area contributed by atoms with Gasteiger partial charge in [-0.1, -0.05) is 88.2 Å². The summed E-state index contributed by atoms with van der Waals surface area (Å²) in [5, 5.41) is 2.94. The molecule has 0 saturated carbocycles. The largest absolute Gasteiger partial charge is 0.355 e. The van der Waals surface area contributed by atoms with Gasteiger partial charge in [0.2, 0.25) is 11.8 Å². The van der Waals surface area contributed by atoms with Gasteiger partial charge in [-0.05, 0) is 42.7 Å². The summed E-state index contributed by atoms with van der Waals surface area (Å²) in [6, 6.07) is 25.6. The zero-order valence-corrected chi connectivity index (χ0v) is 22.1. The van der Waals surface area contributed by atoms with Crippen LogP contribution in [0.4, 0.5) is 0 Å². The van der Waals surface area contributed by atoms with E-state index in [9.17, 15) is 9.59 Å². The van der Waals surface area contributed by atoms with Crippen LogP contribution < -0.4 is 5.32 Å². The summed E-state index contributed by atoms with van der Waals surface area (Å²) in [5.41, 5.74) is 4.37. The van der Waals surface area contributed by atoms with Gasteiger partial charge in [0.25, 0.3) is 0 Å². The van der Waals surface area contributed by atoms with Gasteiger partial charge < -0.3 is 10.2 Å². The van der Waals surface area contributed by atoms with Crippen LogP contribution >= 0.6 is 27.7 Å². The summed E-state index contributed by atoms with van der Waals surface area (Å²) >= 11 is 5.03. The molecule has 0 aromatic heterocycles. The summed E-state index contributed by atoms with van der Waals surface area (Å²) in [7, 11) is 0. The van der Waals surface area contributed by atoms with Crippen molar-refractivity contribution in [3.05, 3.63) is 106 Å². The van der Waals surface area contributed by atoms with E-state index in [0.717, 1.165) is 32.5 Å². The number of carbonyl (C=O) groups excluding carboxylic acids is 2. The molecule has 3 rings (SSSR count). The predicted octanol–water partition coefficient (Wildman–Crippen LogP) is 5.77. The minimum atomic E-state index is -0.579. The molecule has 3 aromatic rings. The molecule has 2 amide bonds. The van der Waals surface area contributed by atoms with Gasteiger partial charge in [0.15, 0.2) is 0 Å². The average molecular weight is 540 g/mol. The summed E-state index contributed by atoms with van der Waals surface area (Å²) < 4.78 is 1.03. The quantitative estimate of drug-likeness (QED) is 0.337. The normalized spacial score (nSPS) is 11.6. The fourth-order valence-corrected chi connectivity index (χ4v) is 4.79. The second-order valence-corrected chi connectivity index (χ2v) is 10.1. The first-order chi connectivity index (χ1) is 16.5. The van der Waals surface area contributed by atoms with E-state index in [1.807, 2.05) is 80.6 Å². The zero-order chi connectivity index (χ0) is 24.3. The van der Waals surface area contributed by atoms with Crippen molar-refractivity contribution >= 4 is 39.5 Å². The first kappa shape index (κ1) is 26.0. The lowest BCUT2D eigenvalue weighted by Crippen LogP contribution is -2.51. The lowest BCUT2D eigenvalue weighted by Gasteiger charge is -2.31. The monoisotopic (exact) mass is 538 g/mol. The lowest BCUT2D eigenvalue weighted by molar-refractivity contribution is -0.139. The van der Waals surface area contributed by atoms with Crippen molar-refractivity contribution in [3.63, 3.8) is 0 Å². The Morgan fingerprint density at radius 2 is 1.56 bits per heavy atom. The number of benzene rings is 3. The Morgan fingerprint density at radius 3 is 2.21 bits per heavy atom. The van der Waals surface area contributed by atoms with Crippen molar-refractivity contribution in [2.75, 3.05) is 12.3 Å². The zero-order valence-electron chi connectivity index (χ0n) is 19.7. The standard InChI is InChI=1S/C28H31BrN2O2S/c1-3-30-28(33)26(17-22-7-5-4-6-8-22)31(18-23-11-9-21(2)10-12-23)27(32)20-34-19-24-13-15-25(29)16-14-24/h4-16,26H,3,17-20H2,1-2H3,(H,30,33). The van der Waals surface area contributed by atoms with Crippen molar-refractivity contribution < 1.29 is 9.59 Å². The Bertz CT molecular complexity index is 1060. The van der Waals surface area contributed by atoms with Gasteiger partial charge in [0.1, 0.15) is 6.04 Å². The third-order valence-electron chi connectivity index (χ3n) is 5.50. The molecule has 0 radical (unpaired) electrons. The van der Waals surface area contributed by atoms with Crippen LogP contribution in [-0.4, -0.2) is 35.1 Å². The first-order valence-electron chi connectivity index (χ1n) is 11.4. The number of amides is 2. The number of nitrogens with one attached hydrogen (secondary N) is 1. The highest BCUT2D eigenvalue weighted by Gasteiger charge is 2.30. The second kappa shape index (κ2) is 13.4. The maximum absolute atomic E-state index is 13.5. The number of halogens is 1. The molecule has 6 heteroatoms. The molecule has 1 unspecified atom stereocenters. The number of nitrogens with zero attached hydrogens (tertiary/aromatic N) is 1. The minimum absolute atomic E-state index is 0.0325. The van der Waals surface area contributed by atoms with E-state index in [2.05, 4.69) is 33.4 Å². The Labute approximate surface area is 215 Å². The van der Waals surface area contributed by atoms with Gasteiger partial charge in [0, 0.05) is 29.7 Å². The molecule has 0 aliphatic rings. The third kappa shape index (κ3) is 8.03. The van der Waals surface area contributed by atoms with Gasteiger partial charge in [0.05, 0.1) is 5.75 Å². The van der Waals surface area contributed by atoms with Crippen molar-refractivity contribution in [1.82, 2.24) is 10.2 Å². The van der Waals surface area contributed by atoms with E-state index >= 15 is 0 Å². The highest BCUT2D eigenvalue weighted by molar-refractivity contribution is 9.10. The summed E-state index contributed by atoms with van der Waals surface area (Å²) in [6.07, 6.45) is 0.474. The maximum atomic E-state index is 13.5. The summed E-state index contributed by atoms with van der Waals surface area (Å²) in [6.45, 7) is 4.86. The summed E-state index contributed by atoms with van der Waals surface area (Å²) in [4.78, 5) is 28.4. The molecule has 1 N–H and O–H groups in total. The molecule has 4 nitrogen and oxygen atoms in total. The Morgan fingerprint density at radius 1 is 0.912 bits per heavy atom. The molecular weight excluding hydrogens is 508 g/mol. The van der Waals surface area contributed by atoms with Gasteiger partial charge in [-0.3, -0.25) is 9.59 Å². The predicted molar refractivity (Wildman–Crippen MR) is 145 cm³/mol. The van der Waals surface area contributed by atoms with Crippen LogP contribution in [0.5, 0.6) is 0 Å². The molecule has 0 fully saturated rings. The van der Waals surface area contributed by atoms with Crippen LogP contribution in [-0.2, 0) is 28.3 Å². The fourth-order valence-electron chi connectivity index (χ4n) is 3.66. The number of likely N-dealkylation sites (N-methyl/N-ethyl adjacent to an activating group) is 1. The Hall–Kier alpha value is -2.57. The van der Waals surface area contributed by atoms with E-state index < -0.39 is 6.04 Å². The number of aryl methyl sites for hydroxylation is 1. The van der Waals surface area contributed by atoms with E-state index in [1.54, 1.807) is 16.7 Å². The lowest BCUT2D eigenvalue weighted by atomic mass is 10.0. The van der Waals surface area contributed by atoms with Crippen LogP contribution in [0.1, 0.15) is 29.2 Å². The highest BCUT2D eigenvalue weighted by atomic mass is 79.9. The van der Waals surface area contributed by atoms with Gasteiger partial charge >= 0.3 is 0 Å². The van der Waals surface area contributed by atoms with Crippen molar-refractivity contribution in [2.24, 2.45) is 0 Å². The topological polar surface area (TPSA) is 49.4 Å². The maximum Gasteiger partial charge on any atom is 0.243 e. The van der Waals surface area contributed by atoms with E-state index in [1.165, 1.54) is 0 Å². The number of hydrogen-bond donors (Lipinski definition) is 1. The van der Waals surface area contributed by atoms with Crippen LogP contribution in [0.15, 0.2) is 83.3 Å². The van der Waals surface area contributed by atoms with Crippen molar-refractivity contribution in [3.8, 4) is 0 Å². The smallest absolute Gasteiger partial charge is 0.243 e. The first-order valence-corrected chi connectivity index (χ1v) is 13.4. The third-order valence-corrected chi connectivity index (χ3v) is 7.02. The molecular formula is C28H31BrN2O2S. The highest BCUT2D eigenvalue weighted by Crippen LogP contribution is 2.20. The SMILES string of the molecule is CCNC(=O)C(Cc1ccccc1)N(Cc1ccc(C)cc1)C(=O)CSCc1ccc(Br)cc1. The molecule has 0 bridgehead atoms. The number of carbonyl (C=O) groups is 2. The minimum Gasteiger partial charge on any atom is -0.355 e. The van der Waals surface area contributed by atoms with Gasteiger partial charge in [-0.2, -0.15) is 0 Å². The number of hydrogen-bond acceptors (Lipinski definition) is 3. The van der Waals surface area contributed by atoms with Gasteiger partial charge in [-0.15, -0.1) is 11.8 Å². The van der Waals surface area contributed by atoms with Crippen molar-refractivity contribution in [1.29, 1.82) is 0 Å².